The van der Waals surface area contributed by atoms with Crippen molar-refractivity contribution in [1.82, 2.24) is 0 Å². The molecule has 0 aliphatic rings. The second-order valence-electron chi connectivity index (χ2n) is 6.08. The first-order chi connectivity index (χ1) is 12.6. The maximum Gasteiger partial charge on any atom is 0.417 e. The van der Waals surface area contributed by atoms with Crippen LogP contribution in [0.25, 0.3) is 0 Å². The Bertz CT molecular complexity index is 844. The van der Waals surface area contributed by atoms with Gasteiger partial charge in [-0.1, -0.05) is 30.3 Å². The molecule has 0 bridgehead atoms. The van der Waals surface area contributed by atoms with E-state index in [0.717, 1.165) is 17.7 Å². The number of nitriles is 1. The highest BCUT2D eigenvalue weighted by atomic mass is 19.4. The first-order valence-electron chi connectivity index (χ1n) is 7.90. The van der Waals surface area contributed by atoms with Crippen LogP contribution in [0.2, 0.25) is 0 Å². The van der Waals surface area contributed by atoms with Crippen LogP contribution in [-0.2, 0) is 22.3 Å². The van der Waals surface area contributed by atoms with Gasteiger partial charge in [0.05, 0.1) is 30.4 Å². The molecule has 2 aromatic carbocycles. The highest BCUT2D eigenvalue weighted by Gasteiger charge is 2.35. The predicted molar refractivity (Wildman–Crippen MR) is 91.5 cm³/mol. The summed E-state index contributed by atoms with van der Waals surface area (Å²) in [6.07, 6.45) is -4.74. The first-order valence-corrected chi connectivity index (χ1v) is 7.90. The van der Waals surface area contributed by atoms with E-state index in [1.807, 2.05) is 30.3 Å². The number of nitrogens with one attached hydrogen (secondary N) is 1. The van der Waals surface area contributed by atoms with Gasteiger partial charge < -0.3 is 15.2 Å². The van der Waals surface area contributed by atoms with E-state index in [9.17, 15) is 23.1 Å². The Kier molecular flexibility index (Phi) is 6.20. The van der Waals surface area contributed by atoms with E-state index >= 15 is 0 Å². The lowest BCUT2D eigenvalue weighted by Crippen LogP contribution is -2.44. The van der Waals surface area contributed by atoms with Crippen molar-refractivity contribution in [3.05, 3.63) is 65.2 Å². The number of benzene rings is 2. The van der Waals surface area contributed by atoms with Gasteiger partial charge in [0, 0.05) is 5.69 Å². The van der Waals surface area contributed by atoms with Crippen molar-refractivity contribution in [3.8, 4) is 6.07 Å². The van der Waals surface area contributed by atoms with Crippen LogP contribution in [0.1, 0.15) is 23.6 Å². The summed E-state index contributed by atoms with van der Waals surface area (Å²) in [5.41, 5.74) is -3.02. The maximum atomic E-state index is 13.0. The molecule has 0 aliphatic heterocycles. The number of carbonyl (C=O) groups excluding carboxylic acids is 1. The number of ether oxygens (including phenoxy) is 1. The Hall–Kier alpha value is -2.89. The Labute approximate surface area is 154 Å². The van der Waals surface area contributed by atoms with Crippen LogP contribution in [0.3, 0.4) is 0 Å². The first kappa shape index (κ1) is 20.4. The average molecular weight is 378 g/mol. The van der Waals surface area contributed by atoms with Crippen molar-refractivity contribution in [2.75, 3.05) is 11.9 Å². The number of hydrogen-bond donors (Lipinski definition) is 2. The molecule has 2 N–H and O–H groups in total. The molecule has 1 atom stereocenters. The van der Waals surface area contributed by atoms with Gasteiger partial charge in [-0.25, -0.2) is 0 Å². The molecule has 0 saturated carbocycles. The van der Waals surface area contributed by atoms with Gasteiger partial charge in [0.25, 0.3) is 5.91 Å². The Balaban J connectivity index is 2.03. The highest BCUT2D eigenvalue weighted by Crippen LogP contribution is 2.33. The third-order valence-corrected chi connectivity index (χ3v) is 3.69. The van der Waals surface area contributed by atoms with Crippen LogP contribution in [0.5, 0.6) is 0 Å². The lowest BCUT2D eigenvalue weighted by Gasteiger charge is -2.22. The number of nitrogens with zero attached hydrogens (tertiary/aromatic N) is 1. The normalized spacial score (nSPS) is 13.5. The highest BCUT2D eigenvalue weighted by molar-refractivity contribution is 5.97. The number of aliphatic hydroxyl groups is 1. The summed E-state index contributed by atoms with van der Waals surface area (Å²) in [6.45, 7) is 1.01. The number of alkyl halides is 3. The van der Waals surface area contributed by atoms with Crippen molar-refractivity contribution in [1.29, 1.82) is 5.26 Å². The molecule has 0 aromatic heterocycles. The van der Waals surface area contributed by atoms with Gasteiger partial charge in [0.15, 0.2) is 5.60 Å². The summed E-state index contributed by atoms with van der Waals surface area (Å²) in [6, 6.07) is 13.3. The summed E-state index contributed by atoms with van der Waals surface area (Å²) < 4.78 is 44.3. The average Bonchev–Trinajstić information content (AvgIpc) is 2.61. The van der Waals surface area contributed by atoms with Gasteiger partial charge in [0.1, 0.15) is 0 Å². The van der Waals surface area contributed by atoms with Crippen LogP contribution in [-0.4, -0.2) is 23.2 Å². The third kappa shape index (κ3) is 5.54. The van der Waals surface area contributed by atoms with Crippen molar-refractivity contribution in [2.45, 2.75) is 25.3 Å². The molecule has 0 unspecified atom stereocenters. The van der Waals surface area contributed by atoms with Gasteiger partial charge in [-0.2, -0.15) is 18.4 Å². The Morgan fingerprint density at radius 1 is 1.22 bits per heavy atom. The third-order valence-electron chi connectivity index (χ3n) is 3.69. The van der Waals surface area contributed by atoms with E-state index < -0.39 is 28.8 Å². The number of anilines is 1. The molecular formula is C19H17F3N2O3. The van der Waals surface area contributed by atoms with Gasteiger partial charge >= 0.3 is 6.18 Å². The standard InChI is InChI=1S/C19H17F3N2O3/c1-18(26,12-27-11-13-5-3-2-4-6-13)17(25)24-15-8-7-14(10-23)16(9-15)19(20,21)22/h2-9,26H,11-12H2,1H3,(H,24,25)/t18-/m0/s1. The van der Waals surface area contributed by atoms with Crippen LogP contribution in [0.4, 0.5) is 18.9 Å². The minimum absolute atomic E-state index is 0.166. The van der Waals surface area contributed by atoms with Crippen molar-refractivity contribution >= 4 is 11.6 Å². The lowest BCUT2D eigenvalue weighted by atomic mass is 10.1. The van der Waals surface area contributed by atoms with Gasteiger partial charge in [-0.3, -0.25) is 4.79 Å². The zero-order valence-corrected chi connectivity index (χ0v) is 14.4. The molecule has 0 saturated heterocycles. The van der Waals surface area contributed by atoms with Crippen LogP contribution < -0.4 is 5.32 Å². The topological polar surface area (TPSA) is 82.3 Å². The zero-order chi connectivity index (χ0) is 20.1. The fraction of sp³-hybridized carbons (Fsp3) is 0.263. The van der Waals surface area contributed by atoms with Gasteiger partial charge in [-0.15, -0.1) is 0 Å². The van der Waals surface area contributed by atoms with Crippen molar-refractivity contribution in [2.24, 2.45) is 0 Å². The Morgan fingerprint density at radius 3 is 2.48 bits per heavy atom. The molecule has 142 valence electrons. The van der Waals surface area contributed by atoms with Crippen LogP contribution in [0.15, 0.2) is 48.5 Å². The molecule has 5 nitrogen and oxygen atoms in total. The number of amides is 1. The minimum atomic E-state index is -4.74. The van der Waals surface area contributed by atoms with Gasteiger partial charge in [0.2, 0.25) is 0 Å². The molecule has 0 heterocycles. The molecule has 0 spiro atoms. The number of hydrogen-bond acceptors (Lipinski definition) is 4. The van der Waals surface area contributed by atoms with E-state index in [4.69, 9.17) is 10.00 Å². The zero-order valence-electron chi connectivity index (χ0n) is 14.4. The van der Waals surface area contributed by atoms with E-state index in [1.165, 1.54) is 13.0 Å². The fourth-order valence-electron chi connectivity index (χ4n) is 2.23. The summed E-state index contributed by atoms with van der Waals surface area (Å²) in [7, 11) is 0. The van der Waals surface area contributed by atoms with Crippen LogP contribution >= 0.6 is 0 Å². The number of halogens is 3. The fourth-order valence-corrected chi connectivity index (χ4v) is 2.23. The summed E-state index contributed by atoms with van der Waals surface area (Å²) in [5.74, 6) is -0.923. The lowest BCUT2D eigenvalue weighted by molar-refractivity contribution is -0.139. The number of carbonyl (C=O) groups is 1. The molecule has 0 aliphatic carbocycles. The van der Waals surface area contributed by atoms with E-state index in [-0.39, 0.29) is 18.9 Å². The molecule has 27 heavy (non-hydrogen) atoms. The Morgan fingerprint density at radius 2 is 1.89 bits per heavy atom. The maximum absolute atomic E-state index is 13.0. The molecule has 2 rings (SSSR count). The second kappa shape index (κ2) is 8.20. The van der Waals surface area contributed by atoms with E-state index in [0.29, 0.717) is 6.07 Å². The van der Waals surface area contributed by atoms with Gasteiger partial charge in [-0.05, 0) is 30.7 Å². The smallest absolute Gasteiger partial charge is 0.378 e. The van der Waals surface area contributed by atoms with E-state index in [2.05, 4.69) is 5.32 Å². The van der Waals surface area contributed by atoms with Crippen LogP contribution in [0, 0.1) is 11.3 Å². The molecule has 0 fully saturated rings. The SMILES string of the molecule is C[C@](O)(COCc1ccccc1)C(=O)Nc1ccc(C#N)c(C(F)(F)F)c1. The summed E-state index contributed by atoms with van der Waals surface area (Å²) in [5, 5.41) is 21.2. The monoisotopic (exact) mass is 378 g/mol. The van der Waals surface area contributed by atoms with Crippen molar-refractivity contribution < 1.29 is 27.8 Å². The second-order valence-corrected chi connectivity index (χ2v) is 6.08. The summed E-state index contributed by atoms with van der Waals surface area (Å²) in [4.78, 5) is 12.2. The van der Waals surface area contributed by atoms with E-state index in [1.54, 1.807) is 0 Å². The molecule has 8 heteroatoms. The molecule has 1 amide bonds. The van der Waals surface area contributed by atoms with Crippen molar-refractivity contribution in [3.63, 3.8) is 0 Å². The molecular weight excluding hydrogens is 361 g/mol. The largest absolute Gasteiger partial charge is 0.417 e. The summed E-state index contributed by atoms with van der Waals surface area (Å²) >= 11 is 0. The number of rotatable bonds is 6. The quantitative estimate of drug-likeness (QED) is 0.806. The predicted octanol–water partition coefficient (Wildman–Crippen LogP) is 3.48. The minimum Gasteiger partial charge on any atom is -0.378 e. The molecule has 2 aromatic rings. The molecule has 0 radical (unpaired) electrons.